The minimum atomic E-state index is -0.241. The maximum atomic E-state index is 12.2. The highest BCUT2D eigenvalue weighted by molar-refractivity contribution is 7.71. The SMILES string of the molecule is O=C(Nc1cccc(-n2cccn2)c1)c1ccc[nH]c1=S. The van der Waals surface area contributed by atoms with E-state index in [1.807, 2.05) is 36.5 Å². The van der Waals surface area contributed by atoms with E-state index in [1.165, 1.54) is 0 Å². The molecule has 5 nitrogen and oxygen atoms in total. The molecule has 0 fully saturated rings. The van der Waals surface area contributed by atoms with Crippen molar-refractivity contribution in [2.75, 3.05) is 5.32 Å². The number of hydrogen-bond acceptors (Lipinski definition) is 3. The van der Waals surface area contributed by atoms with Crippen molar-refractivity contribution in [1.29, 1.82) is 0 Å². The lowest BCUT2D eigenvalue weighted by Gasteiger charge is -2.07. The first-order valence-electron chi connectivity index (χ1n) is 6.33. The Kier molecular flexibility index (Phi) is 3.61. The number of aromatic nitrogens is 3. The number of aromatic amines is 1. The van der Waals surface area contributed by atoms with Crippen molar-refractivity contribution in [1.82, 2.24) is 14.8 Å². The van der Waals surface area contributed by atoms with E-state index in [9.17, 15) is 4.79 Å². The molecule has 0 bridgehead atoms. The quantitative estimate of drug-likeness (QED) is 0.730. The summed E-state index contributed by atoms with van der Waals surface area (Å²) in [5, 5.41) is 7.00. The molecule has 3 aromatic rings. The van der Waals surface area contributed by atoms with Gasteiger partial charge in [-0.25, -0.2) is 4.68 Å². The highest BCUT2D eigenvalue weighted by Crippen LogP contribution is 2.15. The summed E-state index contributed by atoms with van der Waals surface area (Å²) in [4.78, 5) is 15.1. The number of carbonyl (C=O) groups is 1. The van der Waals surface area contributed by atoms with E-state index in [1.54, 1.807) is 29.2 Å². The van der Waals surface area contributed by atoms with Gasteiger partial charge in [-0.3, -0.25) is 4.79 Å². The zero-order chi connectivity index (χ0) is 14.7. The molecule has 0 aliphatic heterocycles. The van der Waals surface area contributed by atoms with Gasteiger partial charge in [-0.15, -0.1) is 0 Å². The van der Waals surface area contributed by atoms with E-state index in [2.05, 4.69) is 15.4 Å². The zero-order valence-electron chi connectivity index (χ0n) is 11.0. The Morgan fingerprint density at radius 3 is 2.90 bits per heavy atom. The number of H-pyrrole nitrogens is 1. The highest BCUT2D eigenvalue weighted by Gasteiger charge is 2.08. The molecule has 3 rings (SSSR count). The van der Waals surface area contributed by atoms with E-state index in [-0.39, 0.29) is 5.91 Å². The molecule has 0 spiro atoms. The predicted octanol–water partition coefficient (Wildman–Crippen LogP) is 3.18. The molecule has 2 aromatic heterocycles. The Morgan fingerprint density at radius 2 is 2.14 bits per heavy atom. The van der Waals surface area contributed by atoms with E-state index in [4.69, 9.17) is 12.2 Å². The standard InChI is InChI=1S/C15H12N4OS/c20-14(13-6-2-7-16-15(13)21)18-11-4-1-5-12(10-11)19-9-3-8-17-19/h1-10H,(H,16,21)(H,18,20). The van der Waals surface area contributed by atoms with Crippen molar-refractivity contribution in [3.05, 3.63) is 71.3 Å². The number of benzene rings is 1. The van der Waals surface area contributed by atoms with E-state index < -0.39 is 0 Å². The second-order valence-corrected chi connectivity index (χ2v) is 4.78. The largest absolute Gasteiger partial charge is 0.352 e. The van der Waals surface area contributed by atoms with Crippen LogP contribution < -0.4 is 5.32 Å². The summed E-state index contributed by atoms with van der Waals surface area (Å²) in [5.41, 5.74) is 2.00. The number of carbonyl (C=O) groups excluding carboxylic acids is 1. The summed E-state index contributed by atoms with van der Waals surface area (Å²) in [6, 6.07) is 12.7. The van der Waals surface area contributed by atoms with Crippen LogP contribution in [0.25, 0.3) is 5.69 Å². The summed E-state index contributed by atoms with van der Waals surface area (Å²) in [7, 11) is 0. The Balaban J connectivity index is 1.86. The minimum Gasteiger partial charge on any atom is -0.352 e. The lowest BCUT2D eigenvalue weighted by atomic mass is 10.2. The summed E-state index contributed by atoms with van der Waals surface area (Å²) in [6.07, 6.45) is 5.24. The number of pyridine rings is 1. The molecule has 0 aliphatic carbocycles. The number of nitrogens with zero attached hydrogens (tertiary/aromatic N) is 2. The van der Waals surface area contributed by atoms with Gasteiger partial charge < -0.3 is 10.3 Å². The van der Waals surface area contributed by atoms with Crippen molar-refractivity contribution in [2.24, 2.45) is 0 Å². The van der Waals surface area contributed by atoms with Crippen LogP contribution in [0.3, 0.4) is 0 Å². The molecule has 0 saturated heterocycles. The van der Waals surface area contributed by atoms with Crippen molar-refractivity contribution >= 4 is 23.8 Å². The summed E-state index contributed by atoms with van der Waals surface area (Å²) in [5.74, 6) is -0.241. The molecule has 6 heteroatoms. The van der Waals surface area contributed by atoms with Gasteiger partial charge in [0.1, 0.15) is 4.64 Å². The number of rotatable bonds is 3. The Bertz CT molecular complexity index is 823. The van der Waals surface area contributed by atoms with E-state index >= 15 is 0 Å². The van der Waals surface area contributed by atoms with E-state index in [0.717, 1.165) is 5.69 Å². The fraction of sp³-hybridized carbons (Fsp3) is 0. The van der Waals surface area contributed by atoms with Crippen molar-refractivity contribution in [3.8, 4) is 5.69 Å². The van der Waals surface area contributed by atoms with Crippen LogP contribution >= 0.6 is 12.2 Å². The Hall–Kier alpha value is -2.73. The maximum absolute atomic E-state index is 12.2. The second kappa shape index (κ2) is 5.72. The molecule has 0 saturated carbocycles. The summed E-state index contributed by atoms with van der Waals surface area (Å²) < 4.78 is 2.14. The Morgan fingerprint density at radius 1 is 1.24 bits per heavy atom. The van der Waals surface area contributed by atoms with Gasteiger partial charge in [0.25, 0.3) is 5.91 Å². The van der Waals surface area contributed by atoms with Crippen molar-refractivity contribution in [2.45, 2.75) is 0 Å². The third kappa shape index (κ3) is 2.90. The highest BCUT2D eigenvalue weighted by atomic mass is 32.1. The molecule has 0 unspecified atom stereocenters. The smallest absolute Gasteiger partial charge is 0.258 e. The molecular formula is C15H12N4OS. The zero-order valence-corrected chi connectivity index (χ0v) is 11.8. The number of anilines is 1. The monoisotopic (exact) mass is 296 g/mol. The van der Waals surface area contributed by atoms with E-state index in [0.29, 0.717) is 15.9 Å². The molecule has 1 amide bonds. The molecule has 21 heavy (non-hydrogen) atoms. The molecule has 1 aromatic carbocycles. The first-order chi connectivity index (χ1) is 10.2. The summed E-state index contributed by atoms with van der Waals surface area (Å²) in [6.45, 7) is 0. The van der Waals surface area contributed by atoms with Gasteiger partial charge in [0.15, 0.2) is 0 Å². The molecule has 2 heterocycles. The van der Waals surface area contributed by atoms with Crippen molar-refractivity contribution < 1.29 is 4.79 Å². The van der Waals surface area contributed by atoms with Gasteiger partial charge in [-0.1, -0.05) is 18.3 Å². The third-order valence-electron chi connectivity index (χ3n) is 2.94. The maximum Gasteiger partial charge on any atom is 0.258 e. The van der Waals surface area contributed by atoms with Crippen LogP contribution in [-0.2, 0) is 0 Å². The lowest BCUT2D eigenvalue weighted by Crippen LogP contribution is -2.13. The molecule has 2 N–H and O–H groups in total. The topological polar surface area (TPSA) is 62.7 Å². The third-order valence-corrected chi connectivity index (χ3v) is 3.27. The average molecular weight is 296 g/mol. The van der Waals surface area contributed by atoms with Gasteiger partial charge in [-0.05, 0) is 36.4 Å². The van der Waals surface area contributed by atoms with Gasteiger partial charge in [-0.2, -0.15) is 5.10 Å². The fourth-order valence-corrected chi connectivity index (χ4v) is 2.18. The van der Waals surface area contributed by atoms with Gasteiger partial charge >= 0.3 is 0 Å². The summed E-state index contributed by atoms with van der Waals surface area (Å²) >= 11 is 5.10. The van der Waals surface area contributed by atoms with Gasteiger partial charge in [0.05, 0.1) is 11.3 Å². The minimum absolute atomic E-state index is 0.241. The van der Waals surface area contributed by atoms with Crippen LogP contribution in [0.4, 0.5) is 5.69 Å². The van der Waals surface area contributed by atoms with Crippen LogP contribution in [0.5, 0.6) is 0 Å². The van der Waals surface area contributed by atoms with Gasteiger partial charge in [0.2, 0.25) is 0 Å². The number of nitrogens with one attached hydrogen (secondary N) is 2. The lowest BCUT2D eigenvalue weighted by molar-refractivity contribution is 0.102. The molecule has 0 aliphatic rings. The normalized spacial score (nSPS) is 10.3. The molecule has 0 atom stereocenters. The van der Waals surface area contributed by atoms with Crippen molar-refractivity contribution in [3.63, 3.8) is 0 Å². The Labute approximate surface area is 126 Å². The van der Waals surface area contributed by atoms with Crippen LogP contribution in [0, 0.1) is 4.64 Å². The molecule has 0 radical (unpaired) electrons. The first kappa shape index (κ1) is 13.3. The molecule has 104 valence electrons. The second-order valence-electron chi connectivity index (χ2n) is 4.37. The number of hydrogen-bond donors (Lipinski definition) is 2. The van der Waals surface area contributed by atoms with Crippen LogP contribution in [0.15, 0.2) is 61.1 Å². The fourth-order valence-electron chi connectivity index (χ4n) is 1.95. The van der Waals surface area contributed by atoms with Crippen LogP contribution in [0.2, 0.25) is 0 Å². The van der Waals surface area contributed by atoms with Gasteiger partial charge in [0, 0.05) is 24.3 Å². The molecular weight excluding hydrogens is 284 g/mol. The first-order valence-corrected chi connectivity index (χ1v) is 6.74. The number of amides is 1. The van der Waals surface area contributed by atoms with Crippen LogP contribution in [-0.4, -0.2) is 20.7 Å². The predicted molar refractivity (Wildman–Crippen MR) is 83.1 cm³/mol. The average Bonchev–Trinajstić information content (AvgIpc) is 3.02. The van der Waals surface area contributed by atoms with Crippen LogP contribution in [0.1, 0.15) is 10.4 Å².